The molecule has 486 valence electrons. The van der Waals surface area contributed by atoms with Crippen LogP contribution in [0.1, 0.15) is 90.3 Å². The van der Waals surface area contributed by atoms with Crippen molar-refractivity contribution in [3.8, 4) is 17.4 Å². The molecule has 29 heteroatoms. The standard InChI is InChI=1S/C23H22F2N4O2S.C13H10F2N4.C10H13ClOS.C9H9N3.C4H3F2NO.C4H6F2O2/c1-23(2,3)15-9-11-16(12-10-15)32(30,31)28-21-14-19(22(24)25)27-29(21)20-8-4-7-18-17(20)6-5-13-26-18;14-13(15)10-7-12(16)19(18-10)11-5-1-4-9-8(11)3-2-6-17-9;1-10(2,3)8-4-6-9(7-5-8)13(11)12;10-12-9-5-1-4-8-7(9)3-2-6-11-8;5-4(6)3(8)1-2-7;1-2-8-4(7)3(5)6/h4-14,22,28H,1-3H3;1-7,13H,16H2;4-7H,1-3H3;1-6,12H,10H2;4H,1H2;3H,2H2,1H3. The molecule has 5 heterocycles. The fraction of sp³-hybridized carbons (Fsp3) is 0.238. The number of nitrogens with two attached hydrogens (primary N) is 2. The molecule has 0 saturated carbocycles. The number of hydrazine groups is 1. The topological polar surface area (TPSA) is 269 Å². The zero-order valence-electron chi connectivity index (χ0n) is 50.3. The van der Waals surface area contributed by atoms with Gasteiger partial charge in [-0.1, -0.05) is 84.0 Å². The van der Waals surface area contributed by atoms with Crippen molar-refractivity contribution in [2.75, 3.05) is 22.5 Å². The van der Waals surface area contributed by atoms with Crippen molar-refractivity contribution >= 4 is 92.5 Å². The number of Topliss-reactive ketones (excluding diaryl/α,β-unsaturated/α-hetero) is 1. The molecular weight excluding hydrogens is 1270 g/mol. The lowest BCUT2D eigenvalue weighted by molar-refractivity contribution is -0.155. The summed E-state index contributed by atoms with van der Waals surface area (Å²) in [7, 11) is 0.00711. The number of nitrogens with one attached hydrogen (secondary N) is 2. The van der Waals surface area contributed by atoms with Crippen LogP contribution in [0.4, 0.5) is 52.4 Å². The van der Waals surface area contributed by atoms with Gasteiger partial charge in [-0.2, -0.15) is 24.2 Å². The number of nitrogen functional groups attached to an aromatic ring is 2. The number of esters is 1. The molecular formula is C63H63ClF8N12O6S2. The first kappa shape index (κ1) is 73.3. The number of carbonyl (C=O) groups excluding carboxylic acids is 2. The van der Waals surface area contributed by atoms with Crippen LogP contribution in [0.15, 0.2) is 180 Å². The first-order valence-electron chi connectivity index (χ1n) is 27.4. The molecule has 0 fully saturated rings. The Hall–Kier alpha value is -9.43. The third-order valence-electron chi connectivity index (χ3n) is 12.6. The molecule has 0 spiro atoms. The Bertz CT molecular complexity index is 4240. The fourth-order valence-electron chi connectivity index (χ4n) is 8.00. The maximum atomic E-state index is 13.4. The Morgan fingerprint density at radius 3 is 1.49 bits per heavy atom. The van der Waals surface area contributed by atoms with Gasteiger partial charge in [0.15, 0.2) is 0 Å². The number of carbonyl (C=O) groups is 2. The number of ketones is 1. The zero-order valence-corrected chi connectivity index (χ0v) is 52.7. The van der Waals surface area contributed by atoms with Gasteiger partial charge in [-0.15, -0.1) is 0 Å². The van der Waals surface area contributed by atoms with Crippen LogP contribution in [0.2, 0.25) is 0 Å². The van der Waals surface area contributed by atoms with E-state index in [0.29, 0.717) is 27.2 Å². The van der Waals surface area contributed by atoms with Crippen LogP contribution in [0.5, 0.6) is 0 Å². The quantitative estimate of drug-likeness (QED) is 0.0275. The van der Waals surface area contributed by atoms with Crippen LogP contribution in [0.3, 0.4) is 0 Å². The lowest BCUT2D eigenvalue weighted by Gasteiger charge is -2.19. The Morgan fingerprint density at radius 1 is 0.641 bits per heavy atom. The Kier molecular flexibility index (Phi) is 26.8. The highest BCUT2D eigenvalue weighted by Crippen LogP contribution is 2.32. The minimum absolute atomic E-state index is 0.00315. The van der Waals surface area contributed by atoms with Crippen LogP contribution in [-0.4, -0.2) is 78.3 Å². The fourth-order valence-corrected chi connectivity index (χ4v) is 9.69. The van der Waals surface area contributed by atoms with Crippen molar-refractivity contribution in [3.63, 3.8) is 0 Å². The lowest BCUT2D eigenvalue weighted by Crippen LogP contribution is -2.17. The molecule has 0 bridgehead atoms. The van der Waals surface area contributed by atoms with Crippen molar-refractivity contribution in [3.05, 3.63) is 193 Å². The summed E-state index contributed by atoms with van der Waals surface area (Å²) < 4.78 is 142. The van der Waals surface area contributed by atoms with Crippen LogP contribution in [-0.2, 0) is 45.2 Å². The molecule has 6 N–H and O–H groups in total. The molecule has 0 aliphatic rings. The highest BCUT2D eigenvalue weighted by atomic mass is 35.7. The lowest BCUT2D eigenvalue weighted by atomic mass is 9.87. The number of aromatic nitrogens is 7. The summed E-state index contributed by atoms with van der Waals surface area (Å²) >= 11 is 0. The normalized spacial score (nSPS) is 11.6. The molecule has 5 aromatic carbocycles. The summed E-state index contributed by atoms with van der Waals surface area (Å²) in [6, 6.07) is 44.9. The van der Waals surface area contributed by atoms with E-state index < -0.39 is 69.6 Å². The number of nitriles is 1. The molecule has 0 aliphatic heterocycles. The van der Waals surface area contributed by atoms with E-state index in [4.69, 9.17) is 27.5 Å². The van der Waals surface area contributed by atoms with Gasteiger partial charge in [0.25, 0.3) is 29.3 Å². The van der Waals surface area contributed by atoms with E-state index in [-0.39, 0.29) is 39.7 Å². The average molecular weight is 1340 g/mol. The molecule has 10 rings (SSSR count). The number of pyridine rings is 3. The summed E-state index contributed by atoms with van der Waals surface area (Å²) in [5.74, 6) is 2.66. The van der Waals surface area contributed by atoms with Crippen molar-refractivity contribution < 1.29 is 62.1 Å². The van der Waals surface area contributed by atoms with Gasteiger partial charge >= 0.3 is 12.4 Å². The van der Waals surface area contributed by atoms with Crippen molar-refractivity contribution in [2.45, 2.75) is 101 Å². The van der Waals surface area contributed by atoms with Gasteiger partial charge in [0, 0.05) is 46.9 Å². The summed E-state index contributed by atoms with van der Waals surface area (Å²) in [5, 5.41) is 18.0. The Morgan fingerprint density at radius 2 is 1.09 bits per heavy atom. The van der Waals surface area contributed by atoms with E-state index in [0.717, 1.165) is 39.1 Å². The van der Waals surface area contributed by atoms with Crippen LogP contribution in [0, 0.1) is 11.3 Å². The molecule has 1 unspecified atom stereocenters. The van der Waals surface area contributed by atoms with E-state index in [1.165, 1.54) is 46.1 Å². The maximum Gasteiger partial charge on any atom is 0.373 e. The van der Waals surface area contributed by atoms with Gasteiger partial charge in [0.2, 0.25) is 5.78 Å². The third kappa shape index (κ3) is 20.8. The first-order valence-corrected chi connectivity index (χ1v) is 30.8. The molecule has 5 aromatic heterocycles. The van der Waals surface area contributed by atoms with Gasteiger partial charge in [-0.25, -0.2) is 53.1 Å². The number of sulfonamides is 1. The van der Waals surface area contributed by atoms with Gasteiger partial charge < -0.3 is 15.9 Å². The van der Waals surface area contributed by atoms with Crippen molar-refractivity contribution in [2.24, 2.45) is 5.84 Å². The minimum atomic E-state index is -4.04. The van der Waals surface area contributed by atoms with Gasteiger partial charge in [0.05, 0.1) is 62.5 Å². The van der Waals surface area contributed by atoms with E-state index in [1.807, 2.05) is 87.5 Å². The number of alkyl halides is 8. The summed E-state index contributed by atoms with van der Waals surface area (Å²) in [6.45, 7) is 14.0. The monoisotopic (exact) mass is 1330 g/mol. The molecule has 0 amide bonds. The Labute approximate surface area is 531 Å². The van der Waals surface area contributed by atoms with Gasteiger partial charge in [-0.3, -0.25) is 30.3 Å². The highest BCUT2D eigenvalue weighted by molar-refractivity contribution is 8.08. The first-order chi connectivity index (χ1) is 43.4. The van der Waals surface area contributed by atoms with Crippen LogP contribution >= 0.6 is 10.7 Å². The van der Waals surface area contributed by atoms with Crippen molar-refractivity contribution in [1.29, 1.82) is 5.26 Å². The van der Waals surface area contributed by atoms with Crippen LogP contribution < -0.4 is 21.7 Å². The summed E-state index contributed by atoms with van der Waals surface area (Å²) in [5.41, 5.74) is 14.0. The number of hydrogen-bond acceptors (Lipinski definition) is 15. The largest absolute Gasteiger partial charge is 0.462 e. The van der Waals surface area contributed by atoms with E-state index >= 15 is 0 Å². The second-order valence-corrected chi connectivity index (χ2v) is 24.6. The van der Waals surface area contributed by atoms with E-state index in [9.17, 15) is 57.3 Å². The smallest absolute Gasteiger partial charge is 0.373 e. The van der Waals surface area contributed by atoms with Crippen molar-refractivity contribution in [1.82, 2.24) is 34.5 Å². The average Bonchev–Trinajstić information content (AvgIpc) is 1.57. The van der Waals surface area contributed by atoms with Gasteiger partial charge in [-0.05, 0) is 137 Å². The molecule has 18 nitrogen and oxygen atoms in total. The number of nitrogens with zero attached hydrogens (tertiary/aromatic N) is 8. The molecule has 92 heavy (non-hydrogen) atoms. The number of fused-ring (bicyclic) bond motifs is 3. The number of rotatable bonds is 13. The van der Waals surface area contributed by atoms with E-state index in [2.05, 4.69) is 60.8 Å². The molecule has 0 saturated heterocycles. The molecule has 0 radical (unpaired) electrons. The molecule has 10 aromatic rings. The zero-order chi connectivity index (χ0) is 68.1. The predicted octanol–water partition coefficient (Wildman–Crippen LogP) is 14.7. The summed E-state index contributed by atoms with van der Waals surface area (Å²) in [6.07, 6.45) is -7.13. The SMILES string of the molecule is CC(C)(C)c1ccc(S(=O)(=O)Nc2cc(C(F)F)nn2-c2cccc3ncccc23)cc1.CC(C)(C)c1ccc(S(=O)Cl)cc1.CCOC(=O)C(F)F.N#CCC(=O)C(F)F.NNc1cccc2ncccc12.Nc1cc(C(F)F)nn1-c1cccc2ncccc12. The minimum Gasteiger partial charge on any atom is -0.462 e. The van der Waals surface area contributed by atoms with Gasteiger partial charge in [0.1, 0.15) is 33.0 Å². The third-order valence-corrected chi connectivity index (χ3v) is 15.1. The molecule has 0 aliphatic carbocycles. The molecule has 1 atom stereocenters. The maximum absolute atomic E-state index is 13.4. The van der Waals surface area contributed by atoms with Crippen LogP contribution in [0.25, 0.3) is 44.1 Å². The number of hydrogen-bond donors (Lipinski definition) is 4. The number of halogens is 9. The highest BCUT2D eigenvalue weighted by Gasteiger charge is 2.24. The second-order valence-electron chi connectivity index (χ2n) is 21.1. The number of benzene rings is 5. The summed E-state index contributed by atoms with van der Waals surface area (Å²) in [4.78, 5) is 32.9. The Balaban J connectivity index is 0.000000218. The number of ether oxygens (including phenoxy) is 1. The predicted molar refractivity (Wildman–Crippen MR) is 339 cm³/mol. The second kappa shape index (κ2) is 33.6. The van der Waals surface area contributed by atoms with E-state index in [1.54, 1.807) is 79.3 Å². The number of anilines is 3.